The number of rotatable bonds is 7. The Morgan fingerprint density at radius 3 is 2.60 bits per heavy atom. The fourth-order valence-corrected chi connectivity index (χ4v) is 4.84. The molecular weight excluding hydrogens is 510 g/mol. The van der Waals surface area contributed by atoms with Gasteiger partial charge < -0.3 is 24.7 Å². The van der Waals surface area contributed by atoms with Crippen LogP contribution in [0.4, 0.5) is 10.6 Å². The van der Waals surface area contributed by atoms with Crippen molar-refractivity contribution >= 4 is 28.8 Å². The van der Waals surface area contributed by atoms with E-state index in [1.165, 1.54) is 4.90 Å². The highest BCUT2D eigenvalue weighted by molar-refractivity contribution is 5.91. The second-order valence-electron chi connectivity index (χ2n) is 11.4. The quantitative estimate of drug-likeness (QED) is 0.439. The van der Waals surface area contributed by atoms with Gasteiger partial charge in [-0.05, 0) is 48.8 Å². The first kappa shape index (κ1) is 28.6. The number of amides is 2. The van der Waals surface area contributed by atoms with Crippen LogP contribution in [0.2, 0.25) is 0 Å². The lowest BCUT2D eigenvalue weighted by atomic mass is 9.86. The minimum Gasteiger partial charge on any atom is -0.445 e. The summed E-state index contributed by atoms with van der Waals surface area (Å²) in [4.78, 5) is 44.3. The van der Waals surface area contributed by atoms with Gasteiger partial charge in [-0.15, -0.1) is 0 Å². The van der Waals surface area contributed by atoms with Crippen LogP contribution in [0.15, 0.2) is 63.8 Å². The predicted octanol–water partition coefficient (Wildman–Crippen LogP) is 4.61. The van der Waals surface area contributed by atoms with Crippen molar-refractivity contribution in [2.75, 3.05) is 18.4 Å². The summed E-state index contributed by atoms with van der Waals surface area (Å²) in [6.45, 7) is 6.53. The summed E-state index contributed by atoms with van der Waals surface area (Å²) < 4.78 is 10.7. The van der Waals surface area contributed by atoms with Crippen LogP contribution in [0.5, 0.6) is 0 Å². The van der Waals surface area contributed by atoms with Gasteiger partial charge in [-0.3, -0.25) is 4.79 Å². The molecule has 1 fully saturated rings. The summed E-state index contributed by atoms with van der Waals surface area (Å²) in [7, 11) is 0. The molecule has 1 aromatic heterocycles. The molecule has 2 atom stereocenters. The van der Waals surface area contributed by atoms with Crippen LogP contribution in [0.25, 0.3) is 11.0 Å². The summed E-state index contributed by atoms with van der Waals surface area (Å²) in [6.07, 6.45) is 1.57. The summed E-state index contributed by atoms with van der Waals surface area (Å²) in [5.41, 5.74) is -0.372. The molecule has 0 radical (unpaired) electrons. The van der Waals surface area contributed by atoms with E-state index >= 15 is 0 Å². The fourth-order valence-electron chi connectivity index (χ4n) is 4.84. The zero-order valence-corrected chi connectivity index (χ0v) is 23.1. The number of likely N-dealkylation sites (tertiary alicyclic amines) is 1. The van der Waals surface area contributed by atoms with E-state index in [4.69, 9.17) is 9.15 Å². The molecule has 0 saturated carbocycles. The molecule has 1 aliphatic rings. The third-order valence-corrected chi connectivity index (χ3v) is 6.77. The monoisotopic (exact) mass is 545 g/mol. The minimum absolute atomic E-state index is 0.00120. The molecule has 0 spiro atoms. The fraction of sp³-hybridized carbons (Fsp3) is 0.433. The van der Waals surface area contributed by atoms with Gasteiger partial charge in [0, 0.05) is 6.54 Å². The smallest absolute Gasteiger partial charge is 0.441 e. The summed E-state index contributed by atoms with van der Waals surface area (Å²) in [6, 6.07) is 17.8. The molecule has 4 rings (SSSR count). The van der Waals surface area contributed by atoms with E-state index in [2.05, 4.69) is 21.7 Å². The largest absolute Gasteiger partial charge is 0.445 e. The maximum Gasteiger partial charge on any atom is 0.441 e. The predicted molar refractivity (Wildman–Crippen MR) is 150 cm³/mol. The standard InChI is InChI=1S/C30H35N5O5/c1-29(2,3)17-23(32-25-22-13-7-8-14-24(22)40-27(37)33-25)26(36)34-30(19-31)15-9-10-16-35(20-30)28(38)39-18-21-11-5-4-6-12-21/h4-8,11-14,23H,9-10,15-18,20H2,1-3H3,(H,34,36)(H,32,33,37)/t23-,30+/m0/s1. The number of nitriles is 1. The maximum absolute atomic E-state index is 13.8. The van der Waals surface area contributed by atoms with Gasteiger partial charge in [0.2, 0.25) is 5.91 Å². The van der Waals surface area contributed by atoms with E-state index in [9.17, 15) is 19.6 Å². The number of hydrogen-bond donors (Lipinski definition) is 2. The first-order chi connectivity index (χ1) is 19.1. The molecular formula is C30H35N5O5. The van der Waals surface area contributed by atoms with Crippen molar-refractivity contribution in [3.63, 3.8) is 0 Å². The molecule has 10 heteroatoms. The highest BCUT2D eigenvalue weighted by Crippen LogP contribution is 2.27. The van der Waals surface area contributed by atoms with Crippen LogP contribution in [0.3, 0.4) is 0 Å². The molecule has 2 aromatic carbocycles. The second kappa shape index (κ2) is 12.2. The van der Waals surface area contributed by atoms with Crippen molar-refractivity contribution in [1.82, 2.24) is 15.2 Å². The zero-order chi connectivity index (χ0) is 28.8. The Kier molecular flexibility index (Phi) is 8.73. The number of carbonyl (C=O) groups excluding carboxylic acids is 2. The number of carbonyl (C=O) groups is 2. The third kappa shape index (κ3) is 7.38. The number of benzene rings is 2. The zero-order valence-electron chi connectivity index (χ0n) is 23.1. The summed E-state index contributed by atoms with van der Waals surface area (Å²) >= 11 is 0. The lowest BCUT2D eigenvalue weighted by molar-refractivity contribution is -0.124. The van der Waals surface area contributed by atoms with E-state index in [0.29, 0.717) is 43.2 Å². The Bertz CT molecular complexity index is 1440. The van der Waals surface area contributed by atoms with Crippen molar-refractivity contribution in [2.45, 2.75) is 64.6 Å². The van der Waals surface area contributed by atoms with Crippen LogP contribution in [0.1, 0.15) is 52.0 Å². The molecule has 40 heavy (non-hydrogen) atoms. The highest BCUT2D eigenvalue weighted by atomic mass is 16.6. The van der Waals surface area contributed by atoms with Gasteiger partial charge in [-0.2, -0.15) is 10.2 Å². The number of nitrogens with one attached hydrogen (secondary N) is 2. The van der Waals surface area contributed by atoms with Crippen molar-refractivity contribution < 1.29 is 18.7 Å². The van der Waals surface area contributed by atoms with Crippen LogP contribution in [-0.4, -0.2) is 46.6 Å². The molecule has 0 aliphatic carbocycles. The summed E-state index contributed by atoms with van der Waals surface area (Å²) in [5, 5.41) is 16.9. The van der Waals surface area contributed by atoms with E-state index in [-0.39, 0.29) is 24.4 Å². The van der Waals surface area contributed by atoms with Crippen LogP contribution >= 0.6 is 0 Å². The van der Waals surface area contributed by atoms with Crippen LogP contribution in [0, 0.1) is 16.7 Å². The first-order valence-electron chi connectivity index (χ1n) is 13.4. The molecule has 10 nitrogen and oxygen atoms in total. The van der Waals surface area contributed by atoms with Gasteiger partial charge >= 0.3 is 11.8 Å². The molecule has 2 N–H and O–H groups in total. The van der Waals surface area contributed by atoms with Crippen molar-refractivity contribution in [1.29, 1.82) is 5.26 Å². The number of aromatic nitrogens is 1. The van der Waals surface area contributed by atoms with E-state index in [1.807, 2.05) is 51.1 Å². The number of nitrogens with zero attached hydrogens (tertiary/aromatic N) is 3. The summed E-state index contributed by atoms with van der Waals surface area (Å²) in [5.74, 6) is -0.970. The molecule has 0 bridgehead atoms. The van der Waals surface area contributed by atoms with Crippen LogP contribution < -0.4 is 16.4 Å². The average molecular weight is 546 g/mol. The molecule has 1 aliphatic heterocycles. The van der Waals surface area contributed by atoms with Gasteiger partial charge in [-0.25, -0.2) is 9.59 Å². The minimum atomic E-state index is -1.30. The molecule has 3 aromatic rings. The average Bonchev–Trinajstić information content (AvgIpc) is 3.14. The SMILES string of the molecule is CC(C)(C)C[C@H](Nc1nc(=O)oc2ccccc12)C(=O)N[C@@]1(C#N)CCCCN(C(=O)OCc2ccccc2)C1. The van der Waals surface area contributed by atoms with Gasteiger partial charge in [-0.1, -0.05) is 63.2 Å². The third-order valence-electron chi connectivity index (χ3n) is 6.77. The Hall–Kier alpha value is -4.39. The molecule has 2 amide bonds. The number of anilines is 1. The molecule has 0 unspecified atom stereocenters. The topological polar surface area (TPSA) is 138 Å². The van der Waals surface area contributed by atoms with Gasteiger partial charge in [0.05, 0.1) is 18.0 Å². The maximum atomic E-state index is 13.8. The number of fused-ring (bicyclic) bond motifs is 1. The van der Waals surface area contributed by atoms with Crippen molar-refractivity contribution in [3.8, 4) is 6.07 Å². The van der Waals surface area contributed by atoms with Crippen LogP contribution in [-0.2, 0) is 16.1 Å². The van der Waals surface area contributed by atoms with Gasteiger partial charge in [0.25, 0.3) is 0 Å². The Morgan fingerprint density at radius 1 is 1.15 bits per heavy atom. The van der Waals surface area contributed by atoms with Gasteiger partial charge in [0.1, 0.15) is 29.6 Å². The Labute approximate surface area is 233 Å². The lowest BCUT2D eigenvalue weighted by Crippen LogP contribution is -2.58. The Morgan fingerprint density at radius 2 is 1.88 bits per heavy atom. The molecule has 2 heterocycles. The second-order valence-corrected chi connectivity index (χ2v) is 11.4. The van der Waals surface area contributed by atoms with E-state index in [1.54, 1.807) is 24.3 Å². The lowest BCUT2D eigenvalue weighted by Gasteiger charge is -2.34. The van der Waals surface area contributed by atoms with Crippen molar-refractivity contribution in [2.24, 2.45) is 5.41 Å². The molecule has 210 valence electrons. The van der Waals surface area contributed by atoms with E-state index in [0.717, 1.165) is 5.56 Å². The first-order valence-corrected chi connectivity index (χ1v) is 13.4. The number of para-hydroxylation sites is 1. The van der Waals surface area contributed by atoms with Crippen molar-refractivity contribution in [3.05, 3.63) is 70.7 Å². The highest BCUT2D eigenvalue weighted by Gasteiger charge is 2.40. The number of ether oxygens (including phenoxy) is 1. The number of hydrogen-bond acceptors (Lipinski definition) is 8. The Balaban J connectivity index is 1.54. The van der Waals surface area contributed by atoms with Gasteiger partial charge in [0.15, 0.2) is 0 Å². The molecule has 1 saturated heterocycles. The van der Waals surface area contributed by atoms with E-state index < -0.39 is 29.3 Å². The normalized spacial score (nSPS) is 18.3.